The first-order chi connectivity index (χ1) is 4.72. The first-order valence-corrected chi connectivity index (χ1v) is 3.98. The first-order valence-electron chi connectivity index (χ1n) is 2.81. The fraction of sp³-hybridized carbons (Fsp3) is 0.800. The van der Waals surface area contributed by atoms with Crippen LogP contribution in [0.2, 0.25) is 0 Å². The number of esters is 1. The van der Waals surface area contributed by atoms with E-state index in [1.165, 1.54) is 0 Å². The first kappa shape index (κ1) is 13.9. The standard InChI is InChI=1S/C5H10ClNO2S.ClH/c6-1-2-9-5(8)4(7)3-10;/h4,10H,1-3,7H2;1H/t4-;/m0./s1. The van der Waals surface area contributed by atoms with Crippen LogP contribution in [0.4, 0.5) is 0 Å². The third-order valence-electron chi connectivity index (χ3n) is 0.821. The van der Waals surface area contributed by atoms with Crippen LogP contribution < -0.4 is 5.73 Å². The third kappa shape index (κ3) is 6.75. The van der Waals surface area contributed by atoms with Gasteiger partial charge in [-0.2, -0.15) is 12.6 Å². The van der Waals surface area contributed by atoms with Gasteiger partial charge in [0.15, 0.2) is 0 Å². The summed E-state index contributed by atoms with van der Waals surface area (Å²) >= 11 is 9.07. The zero-order valence-corrected chi connectivity index (χ0v) is 8.29. The Hall–Kier alpha value is 0.360. The van der Waals surface area contributed by atoms with Crippen LogP contribution in [0.25, 0.3) is 0 Å². The molecule has 1 atom stereocenters. The minimum Gasteiger partial charge on any atom is -0.463 e. The fourth-order valence-corrected chi connectivity index (χ4v) is 0.547. The van der Waals surface area contributed by atoms with E-state index in [1.54, 1.807) is 0 Å². The summed E-state index contributed by atoms with van der Waals surface area (Å²) in [5.74, 6) is 0.141. The molecule has 0 aliphatic heterocycles. The van der Waals surface area contributed by atoms with Gasteiger partial charge in [-0.1, -0.05) is 0 Å². The van der Waals surface area contributed by atoms with Crippen molar-refractivity contribution in [1.82, 2.24) is 0 Å². The summed E-state index contributed by atoms with van der Waals surface area (Å²) in [5.41, 5.74) is 5.26. The van der Waals surface area contributed by atoms with Crippen molar-refractivity contribution in [3.63, 3.8) is 0 Å². The smallest absolute Gasteiger partial charge is 0.323 e. The number of thiol groups is 1. The van der Waals surface area contributed by atoms with Crippen LogP contribution in [-0.2, 0) is 9.53 Å². The second kappa shape index (κ2) is 8.46. The number of carbonyl (C=O) groups is 1. The molecule has 6 heteroatoms. The Morgan fingerprint density at radius 2 is 2.27 bits per heavy atom. The molecule has 0 saturated carbocycles. The van der Waals surface area contributed by atoms with Crippen LogP contribution in [-0.4, -0.2) is 30.3 Å². The van der Waals surface area contributed by atoms with Crippen LogP contribution in [0.15, 0.2) is 0 Å². The Morgan fingerprint density at radius 1 is 1.73 bits per heavy atom. The molecule has 0 aliphatic carbocycles. The highest BCUT2D eigenvalue weighted by molar-refractivity contribution is 7.80. The Bertz CT molecular complexity index is 115. The Balaban J connectivity index is 0. The van der Waals surface area contributed by atoms with Crippen molar-refractivity contribution in [2.24, 2.45) is 5.73 Å². The van der Waals surface area contributed by atoms with Gasteiger partial charge in [0.1, 0.15) is 12.6 Å². The molecule has 0 aromatic heterocycles. The van der Waals surface area contributed by atoms with E-state index in [0.29, 0.717) is 11.6 Å². The zero-order valence-electron chi connectivity index (χ0n) is 5.83. The van der Waals surface area contributed by atoms with Gasteiger partial charge in [0.2, 0.25) is 0 Å². The molecule has 0 aromatic carbocycles. The molecule has 0 saturated heterocycles. The number of halogens is 2. The molecule has 0 bridgehead atoms. The molecule has 68 valence electrons. The Kier molecular flexibility index (Phi) is 10.7. The lowest BCUT2D eigenvalue weighted by Crippen LogP contribution is -2.34. The van der Waals surface area contributed by atoms with Gasteiger partial charge in [-0.3, -0.25) is 4.79 Å². The van der Waals surface area contributed by atoms with Gasteiger partial charge in [-0.05, 0) is 0 Å². The summed E-state index contributed by atoms with van der Waals surface area (Å²) in [6, 6.07) is -0.633. The number of ether oxygens (including phenoxy) is 1. The van der Waals surface area contributed by atoms with Gasteiger partial charge >= 0.3 is 5.97 Å². The maximum absolute atomic E-state index is 10.7. The molecule has 11 heavy (non-hydrogen) atoms. The van der Waals surface area contributed by atoms with Gasteiger partial charge in [-0.25, -0.2) is 0 Å². The SMILES string of the molecule is Cl.N[C@@H](CS)C(=O)OCCCl. The fourth-order valence-electron chi connectivity index (χ4n) is 0.321. The van der Waals surface area contributed by atoms with E-state index in [4.69, 9.17) is 17.3 Å². The second-order valence-electron chi connectivity index (χ2n) is 1.65. The van der Waals surface area contributed by atoms with E-state index in [-0.39, 0.29) is 19.0 Å². The quantitative estimate of drug-likeness (QED) is 0.411. The van der Waals surface area contributed by atoms with Crippen molar-refractivity contribution < 1.29 is 9.53 Å². The maximum Gasteiger partial charge on any atom is 0.323 e. The summed E-state index contributed by atoms with van der Waals surface area (Å²) in [7, 11) is 0. The molecule has 0 fully saturated rings. The number of hydrogen-bond acceptors (Lipinski definition) is 4. The number of alkyl halides is 1. The molecule has 3 nitrogen and oxygen atoms in total. The van der Waals surface area contributed by atoms with Crippen LogP contribution in [0.5, 0.6) is 0 Å². The minimum atomic E-state index is -0.633. The lowest BCUT2D eigenvalue weighted by molar-refractivity contribution is -0.143. The molecule has 2 N–H and O–H groups in total. The minimum absolute atomic E-state index is 0. The van der Waals surface area contributed by atoms with Crippen LogP contribution in [0.3, 0.4) is 0 Å². The molecule has 0 rings (SSSR count). The predicted molar refractivity (Wildman–Crippen MR) is 50.8 cm³/mol. The van der Waals surface area contributed by atoms with Crippen molar-refractivity contribution in [2.75, 3.05) is 18.2 Å². The highest BCUT2D eigenvalue weighted by atomic mass is 35.5. The summed E-state index contributed by atoms with van der Waals surface area (Å²) in [5, 5.41) is 0. The van der Waals surface area contributed by atoms with Crippen LogP contribution in [0.1, 0.15) is 0 Å². The number of carbonyl (C=O) groups excluding carboxylic acids is 1. The summed E-state index contributed by atoms with van der Waals surface area (Å²) in [4.78, 5) is 10.7. The van der Waals surface area contributed by atoms with Crippen molar-refractivity contribution in [3.8, 4) is 0 Å². The summed E-state index contributed by atoms with van der Waals surface area (Å²) in [6.07, 6.45) is 0. The van der Waals surface area contributed by atoms with Gasteiger partial charge in [-0.15, -0.1) is 24.0 Å². The molecule has 0 radical (unpaired) electrons. The van der Waals surface area contributed by atoms with Crippen molar-refractivity contribution in [3.05, 3.63) is 0 Å². The van der Waals surface area contributed by atoms with Crippen molar-refractivity contribution in [2.45, 2.75) is 6.04 Å². The monoisotopic (exact) mass is 219 g/mol. The van der Waals surface area contributed by atoms with Crippen molar-refractivity contribution in [1.29, 1.82) is 0 Å². The third-order valence-corrected chi connectivity index (χ3v) is 1.37. The average molecular weight is 220 g/mol. The highest BCUT2D eigenvalue weighted by Gasteiger charge is 2.11. The Morgan fingerprint density at radius 3 is 2.64 bits per heavy atom. The molecule has 0 spiro atoms. The topological polar surface area (TPSA) is 52.3 Å². The molecule has 0 heterocycles. The summed E-state index contributed by atoms with van der Waals surface area (Å²) < 4.78 is 4.60. The second-order valence-corrected chi connectivity index (χ2v) is 2.39. The van der Waals surface area contributed by atoms with E-state index in [2.05, 4.69) is 17.4 Å². The molecular weight excluding hydrogens is 209 g/mol. The molecule has 0 unspecified atom stereocenters. The molecular formula is C5H11Cl2NO2S. The normalized spacial score (nSPS) is 11.5. The van der Waals surface area contributed by atoms with Crippen LogP contribution in [0, 0.1) is 0 Å². The number of nitrogens with two attached hydrogens (primary N) is 1. The molecule has 0 aliphatic rings. The number of rotatable bonds is 4. The largest absolute Gasteiger partial charge is 0.463 e. The van der Waals surface area contributed by atoms with E-state index in [9.17, 15) is 4.79 Å². The molecule has 0 aromatic rings. The van der Waals surface area contributed by atoms with Crippen molar-refractivity contribution >= 4 is 42.6 Å². The van der Waals surface area contributed by atoms with Crippen LogP contribution >= 0.6 is 36.6 Å². The van der Waals surface area contributed by atoms with E-state index >= 15 is 0 Å². The van der Waals surface area contributed by atoms with E-state index in [0.717, 1.165) is 0 Å². The van der Waals surface area contributed by atoms with Gasteiger partial charge < -0.3 is 10.5 Å². The lowest BCUT2D eigenvalue weighted by atomic mass is 10.4. The predicted octanol–water partition coefficient (Wildman–Crippen LogP) is 0.447. The van der Waals surface area contributed by atoms with Gasteiger partial charge in [0.05, 0.1) is 5.88 Å². The van der Waals surface area contributed by atoms with E-state index in [1.807, 2.05) is 0 Å². The van der Waals surface area contributed by atoms with Gasteiger partial charge in [0, 0.05) is 5.75 Å². The summed E-state index contributed by atoms with van der Waals surface area (Å²) in [6.45, 7) is 0.210. The zero-order chi connectivity index (χ0) is 7.98. The van der Waals surface area contributed by atoms with Gasteiger partial charge in [0.25, 0.3) is 0 Å². The average Bonchev–Trinajstić information content (AvgIpc) is 1.98. The molecule has 0 amide bonds. The Labute approximate surface area is 82.4 Å². The highest BCUT2D eigenvalue weighted by Crippen LogP contribution is 1.88. The van der Waals surface area contributed by atoms with E-state index < -0.39 is 12.0 Å². The number of hydrogen-bond donors (Lipinski definition) is 2. The lowest BCUT2D eigenvalue weighted by Gasteiger charge is -2.06. The maximum atomic E-state index is 10.7.